The minimum absolute atomic E-state index is 0.100. The summed E-state index contributed by atoms with van der Waals surface area (Å²) >= 11 is 0. The number of aryl methyl sites for hydroxylation is 1. The zero-order valence-corrected chi connectivity index (χ0v) is 7.03. The first-order valence-corrected chi connectivity index (χ1v) is 3.58. The maximum Gasteiger partial charge on any atom is 0.129 e. The summed E-state index contributed by atoms with van der Waals surface area (Å²) in [6.45, 7) is 1.62. The molecule has 0 spiro atoms. The van der Waals surface area contributed by atoms with Crippen LogP contribution in [0.25, 0.3) is 0 Å². The van der Waals surface area contributed by atoms with Crippen molar-refractivity contribution in [1.29, 1.82) is 0 Å². The predicted octanol–water partition coefficient (Wildman–Crippen LogP) is 2.42. The van der Waals surface area contributed by atoms with Gasteiger partial charge in [-0.05, 0) is 24.6 Å². The molecule has 0 aliphatic heterocycles. The van der Waals surface area contributed by atoms with Crippen LogP contribution in [-0.2, 0) is 11.3 Å². The molecule has 3 heteroatoms. The monoisotopic (exact) mass is 172 g/mol. The van der Waals surface area contributed by atoms with E-state index in [1.54, 1.807) is 0 Å². The summed E-state index contributed by atoms with van der Waals surface area (Å²) in [5.41, 5.74) is 0.563. The van der Waals surface area contributed by atoms with Gasteiger partial charge in [0.25, 0.3) is 0 Å². The number of ether oxygens (including phenoxy) is 1. The van der Waals surface area contributed by atoms with Crippen LogP contribution in [0, 0.1) is 18.6 Å². The van der Waals surface area contributed by atoms with Gasteiger partial charge < -0.3 is 4.74 Å². The molecule has 0 fully saturated rings. The average molecular weight is 172 g/mol. The predicted molar refractivity (Wildman–Crippen MR) is 41.8 cm³/mol. The Bertz CT molecular complexity index is 284. The van der Waals surface area contributed by atoms with Crippen molar-refractivity contribution in [2.75, 3.05) is 7.11 Å². The van der Waals surface area contributed by atoms with E-state index in [0.717, 1.165) is 6.07 Å². The van der Waals surface area contributed by atoms with E-state index in [1.165, 1.54) is 20.1 Å². The molecule has 0 saturated carbocycles. The maximum absolute atomic E-state index is 13.0. The number of rotatable bonds is 2. The molecule has 0 atom stereocenters. The molecule has 0 saturated heterocycles. The van der Waals surface area contributed by atoms with E-state index in [2.05, 4.69) is 0 Å². The van der Waals surface area contributed by atoms with Gasteiger partial charge >= 0.3 is 0 Å². The zero-order chi connectivity index (χ0) is 9.14. The first-order valence-electron chi connectivity index (χ1n) is 3.58. The SMILES string of the molecule is COCc1cc(F)c(C)cc1F. The Morgan fingerprint density at radius 3 is 2.50 bits per heavy atom. The molecule has 0 N–H and O–H groups in total. The van der Waals surface area contributed by atoms with Crippen molar-refractivity contribution in [2.24, 2.45) is 0 Å². The molecule has 0 bridgehead atoms. The molecule has 0 aromatic heterocycles. The Hall–Kier alpha value is -0.960. The van der Waals surface area contributed by atoms with Crippen LogP contribution in [0.2, 0.25) is 0 Å². The van der Waals surface area contributed by atoms with Crippen LogP contribution in [0.4, 0.5) is 8.78 Å². The number of halogens is 2. The van der Waals surface area contributed by atoms with Gasteiger partial charge in [-0.3, -0.25) is 0 Å². The van der Waals surface area contributed by atoms with Crippen molar-refractivity contribution in [3.05, 3.63) is 34.9 Å². The van der Waals surface area contributed by atoms with Crippen LogP contribution < -0.4 is 0 Å². The lowest BCUT2D eigenvalue weighted by molar-refractivity contribution is 0.181. The minimum Gasteiger partial charge on any atom is -0.380 e. The molecule has 0 amide bonds. The van der Waals surface area contributed by atoms with Crippen LogP contribution >= 0.6 is 0 Å². The topological polar surface area (TPSA) is 9.23 Å². The normalized spacial score (nSPS) is 10.3. The Kier molecular flexibility index (Phi) is 2.76. The summed E-state index contributed by atoms with van der Waals surface area (Å²) in [5, 5.41) is 0. The molecule has 0 heterocycles. The number of hydrogen-bond acceptors (Lipinski definition) is 1. The smallest absolute Gasteiger partial charge is 0.129 e. The lowest BCUT2D eigenvalue weighted by Gasteiger charge is -2.03. The van der Waals surface area contributed by atoms with Gasteiger partial charge in [0.05, 0.1) is 6.61 Å². The summed E-state index contributed by atoms with van der Waals surface area (Å²) < 4.78 is 30.5. The largest absolute Gasteiger partial charge is 0.380 e. The highest BCUT2D eigenvalue weighted by Gasteiger charge is 2.05. The highest BCUT2D eigenvalue weighted by Crippen LogP contribution is 2.14. The van der Waals surface area contributed by atoms with Crippen molar-refractivity contribution in [3.8, 4) is 0 Å². The molecule has 1 aromatic rings. The molecular weight excluding hydrogens is 162 g/mol. The van der Waals surface area contributed by atoms with Gasteiger partial charge in [0, 0.05) is 12.7 Å². The van der Waals surface area contributed by atoms with Gasteiger partial charge in [0.2, 0.25) is 0 Å². The molecule has 1 rings (SSSR count). The van der Waals surface area contributed by atoms with Gasteiger partial charge in [-0.15, -0.1) is 0 Å². The van der Waals surface area contributed by atoms with Crippen molar-refractivity contribution < 1.29 is 13.5 Å². The first-order chi connectivity index (χ1) is 5.65. The highest BCUT2D eigenvalue weighted by molar-refractivity contribution is 5.24. The fourth-order valence-electron chi connectivity index (χ4n) is 0.954. The molecule has 12 heavy (non-hydrogen) atoms. The standard InChI is InChI=1S/C9H10F2O/c1-6-3-9(11)7(5-12-2)4-8(6)10/h3-4H,5H2,1-2H3. The number of benzene rings is 1. The van der Waals surface area contributed by atoms with Crippen molar-refractivity contribution in [2.45, 2.75) is 13.5 Å². The number of methoxy groups -OCH3 is 1. The third-order valence-corrected chi connectivity index (χ3v) is 1.63. The van der Waals surface area contributed by atoms with E-state index in [9.17, 15) is 8.78 Å². The molecule has 1 nitrogen and oxygen atoms in total. The molecule has 66 valence electrons. The van der Waals surface area contributed by atoms with E-state index < -0.39 is 11.6 Å². The second-order valence-corrected chi connectivity index (χ2v) is 2.63. The molecule has 0 unspecified atom stereocenters. The second kappa shape index (κ2) is 3.63. The van der Waals surface area contributed by atoms with Gasteiger partial charge in [0.15, 0.2) is 0 Å². The fourth-order valence-corrected chi connectivity index (χ4v) is 0.954. The van der Waals surface area contributed by atoms with Crippen LogP contribution in [0.3, 0.4) is 0 Å². The quantitative estimate of drug-likeness (QED) is 0.665. The lowest BCUT2D eigenvalue weighted by Crippen LogP contribution is -1.95. The van der Waals surface area contributed by atoms with E-state index in [1.807, 2.05) is 0 Å². The molecular formula is C9H10F2O. The van der Waals surface area contributed by atoms with Gasteiger partial charge in [-0.2, -0.15) is 0 Å². The Morgan fingerprint density at radius 2 is 1.92 bits per heavy atom. The number of hydrogen-bond donors (Lipinski definition) is 0. The van der Waals surface area contributed by atoms with Crippen LogP contribution in [0.5, 0.6) is 0 Å². The van der Waals surface area contributed by atoms with Crippen molar-refractivity contribution in [3.63, 3.8) is 0 Å². The Morgan fingerprint density at radius 1 is 1.25 bits per heavy atom. The highest BCUT2D eigenvalue weighted by atomic mass is 19.1. The summed E-state index contributed by atoms with van der Waals surface area (Å²) in [5.74, 6) is -0.820. The molecule has 0 aliphatic carbocycles. The van der Waals surface area contributed by atoms with E-state index in [4.69, 9.17) is 4.74 Å². The van der Waals surface area contributed by atoms with E-state index >= 15 is 0 Å². The van der Waals surface area contributed by atoms with Gasteiger partial charge in [-0.1, -0.05) is 0 Å². The summed E-state index contributed by atoms with van der Waals surface area (Å²) in [7, 11) is 1.44. The fraction of sp³-hybridized carbons (Fsp3) is 0.333. The van der Waals surface area contributed by atoms with E-state index in [-0.39, 0.29) is 12.2 Å². The summed E-state index contributed by atoms with van der Waals surface area (Å²) in [4.78, 5) is 0. The lowest BCUT2D eigenvalue weighted by atomic mass is 10.1. The van der Waals surface area contributed by atoms with E-state index in [0.29, 0.717) is 5.56 Å². The van der Waals surface area contributed by atoms with Crippen molar-refractivity contribution in [1.82, 2.24) is 0 Å². The Labute approximate surface area is 70.0 Å². The van der Waals surface area contributed by atoms with Crippen LogP contribution in [0.1, 0.15) is 11.1 Å². The van der Waals surface area contributed by atoms with Crippen LogP contribution in [-0.4, -0.2) is 7.11 Å². The molecule has 0 aliphatic rings. The van der Waals surface area contributed by atoms with Crippen LogP contribution in [0.15, 0.2) is 12.1 Å². The zero-order valence-electron chi connectivity index (χ0n) is 7.03. The summed E-state index contributed by atoms with van der Waals surface area (Å²) in [6, 6.07) is 2.33. The molecule has 1 aromatic carbocycles. The first kappa shape index (κ1) is 9.13. The second-order valence-electron chi connectivity index (χ2n) is 2.63. The van der Waals surface area contributed by atoms with Gasteiger partial charge in [-0.25, -0.2) is 8.78 Å². The third-order valence-electron chi connectivity index (χ3n) is 1.63. The average Bonchev–Trinajstić information content (AvgIpc) is 2.01. The van der Waals surface area contributed by atoms with Gasteiger partial charge in [0.1, 0.15) is 11.6 Å². The Balaban J connectivity index is 3.05. The maximum atomic E-state index is 13.0. The molecule has 0 radical (unpaired) electrons. The minimum atomic E-state index is -0.421. The van der Waals surface area contributed by atoms with Crippen molar-refractivity contribution >= 4 is 0 Å². The summed E-state index contributed by atoms with van der Waals surface area (Å²) in [6.07, 6.45) is 0. The third kappa shape index (κ3) is 1.80.